The third-order valence-corrected chi connectivity index (χ3v) is 8.47. The van der Waals surface area contributed by atoms with Gasteiger partial charge in [-0.2, -0.15) is 0 Å². The van der Waals surface area contributed by atoms with Crippen LogP contribution in [0.15, 0.2) is 12.2 Å². The van der Waals surface area contributed by atoms with Crippen LogP contribution in [0.5, 0.6) is 0 Å². The van der Waals surface area contributed by atoms with Gasteiger partial charge >= 0.3 is 0 Å². The van der Waals surface area contributed by atoms with Crippen molar-refractivity contribution in [3.05, 3.63) is 12.2 Å². The molecule has 24 heavy (non-hydrogen) atoms. The van der Waals surface area contributed by atoms with Gasteiger partial charge in [-0.05, 0) is 73.4 Å². The molecule has 0 aliphatic heterocycles. The largest absolute Gasteiger partial charge is 0.295 e. The molecule has 0 spiro atoms. The lowest BCUT2D eigenvalue weighted by molar-refractivity contribution is -0.114. The quantitative estimate of drug-likeness (QED) is 0.220. The number of fused-ring (bicyclic) bond motifs is 2. The Morgan fingerprint density at radius 3 is 2.46 bits per heavy atom. The van der Waals surface area contributed by atoms with Crippen LogP contribution in [0.25, 0.3) is 0 Å². The van der Waals surface area contributed by atoms with Gasteiger partial charge in [0.1, 0.15) is 0 Å². The Morgan fingerprint density at radius 1 is 1.08 bits per heavy atom. The lowest BCUT2D eigenvalue weighted by Crippen LogP contribution is -2.24. The van der Waals surface area contributed by atoms with E-state index in [0.717, 1.165) is 35.2 Å². The van der Waals surface area contributed by atoms with Crippen molar-refractivity contribution in [1.29, 1.82) is 0 Å². The monoisotopic (exact) mass is 368 g/mol. The zero-order valence-corrected chi connectivity index (χ0v) is 17.5. The number of allylic oxidation sites excluding steroid dienone is 2. The van der Waals surface area contributed by atoms with E-state index in [0.29, 0.717) is 11.7 Å². The van der Waals surface area contributed by atoms with Gasteiger partial charge in [-0.25, -0.2) is 0 Å². The van der Waals surface area contributed by atoms with Crippen molar-refractivity contribution >= 4 is 29.3 Å². The zero-order chi connectivity index (χ0) is 17.4. The molecular weight excluding hydrogens is 332 g/mol. The van der Waals surface area contributed by atoms with Gasteiger partial charge < -0.3 is 0 Å². The van der Waals surface area contributed by atoms with Crippen LogP contribution in [0.3, 0.4) is 0 Å². The highest BCUT2D eigenvalue weighted by atomic mass is 32.2. The fraction of sp³-hybridized carbons (Fsp3) is 0.857. The highest BCUT2D eigenvalue weighted by molar-refractivity contribution is 8.16. The minimum atomic E-state index is 0.354. The molecule has 0 aromatic carbocycles. The number of thioether (sulfide) groups is 2. The fourth-order valence-corrected chi connectivity index (χ4v) is 7.40. The Hall–Kier alpha value is 0.110. The van der Waals surface area contributed by atoms with E-state index in [4.69, 9.17) is 0 Å². The van der Waals surface area contributed by atoms with Gasteiger partial charge in [0.05, 0.1) is 4.58 Å². The number of carbonyl (C=O) groups is 1. The van der Waals surface area contributed by atoms with E-state index in [-0.39, 0.29) is 0 Å². The molecule has 4 atom stereocenters. The molecule has 2 bridgehead atoms. The summed E-state index contributed by atoms with van der Waals surface area (Å²) in [5.74, 6) is 6.08. The summed E-state index contributed by atoms with van der Waals surface area (Å²) in [7, 11) is 0. The molecule has 0 amide bonds. The van der Waals surface area contributed by atoms with Gasteiger partial charge in [0, 0.05) is 6.42 Å². The third kappa shape index (κ3) is 5.83. The standard InChI is InChI=1S/C21H36OS2/c1-4-7-8-9-18(22)12-13-19-16-10-11-17(14-16)20(19)15-21(23-5-2)24-6-3/h12-13,16-17,19-21H,4-11,14-15H2,1-3H3/b13-12+/t16-,17+,19+,20+/m0/s1. The molecule has 0 aromatic heterocycles. The number of rotatable bonds is 12. The molecule has 0 radical (unpaired) electrons. The van der Waals surface area contributed by atoms with Crippen molar-refractivity contribution in [1.82, 2.24) is 0 Å². The van der Waals surface area contributed by atoms with Crippen molar-refractivity contribution in [2.24, 2.45) is 23.7 Å². The smallest absolute Gasteiger partial charge is 0.155 e. The van der Waals surface area contributed by atoms with Gasteiger partial charge in [-0.1, -0.05) is 39.7 Å². The lowest BCUT2D eigenvalue weighted by Gasteiger charge is -2.31. The van der Waals surface area contributed by atoms with Crippen LogP contribution in [0.2, 0.25) is 0 Å². The molecule has 0 heterocycles. The molecule has 2 aliphatic carbocycles. The van der Waals surface area contributed by atoms with Crippen LogP contribution in [-0.2, 0) is 4.79 Å². The predicted octanol–water partition coefficient (Wildman–Crippen LogP) is 6.58. The molecule has 1 nitrogen and oxygen atoms in total. The molecular formula is C21H36OS2. The Kier molecular flexibility index (Phi) is 9.32. The Balaban J connectivity index is 1.92. The second-order valence-corrected chi connectivity index (χ2v) is 10.7. The number of unbranched alkanes of at least 4 members (excludes halogenated alkanes) is 2. The first-order valence-electron chi connectivity index (χ1n) is 10.1. The average Bonchev–Trinajstić information content (AvgIpc) is 3.15. The molecule has 2 fully saturated rings. The van der Waals surface area contributed by atoms with E-state index in [1.807, 2.05) is 6.08 Å². The van der Waals surface area contributed by atoms with Crippen molar-refractivity contribution < 1.29 is 4.79 Å². The number of ketones is 1. The van der Waals surface area contributed by atoms with Crippen molar-refractivity contribution in [2.75, 3.05) is 11.5 Å². The average molecular weight is 369 g/mol. The molecule has 0 unspecified atom stereocenters. The van der Waals surface area contributed by atoms with Crippen molar-refractivity contribution in [3.63, 3.8) is 0 Å². The predicted molar refractivity (Wildman–Crippen MR) is 111 cm³/mol. The minimum absolute atomic E-state index is 0.354. The van der Waals surface area contributed by atoms with E-state index in [9.17, 15) is 4.79 Å². The van der Waals surface area contributed by atoms with Crippen molar-refractivity contribution in [3.8, 4) is 0 Å². The van der Waals surface area contributed by atoms with Crippen molar-refractivity contribution in [2.45, 2.75) is 76.7 Å². The van der Waals surface area contributed by atoms with Gasteiger partial charge in [0.15, 0.2) is 5.78 Å². The summed E-state index contributed by atoms with van der Waals surface area (Å²) >= 11 is 4.25. The van der Waals surface area contributed by atoms with E-state index in [1.54, 1.807) is 0 Å². The van der Waals surface area contributed by atoms with Crippen LogP contribution in [-0.4, -0.2) is 21.9 Å². The number of hydrogen-bond donors (Lipinski definition) is 0. The molecule has 138 valence electrons. The van der Waals surface area contributed by atoms with Gasteiger partial charge in [0.25, 0.3) is 0 Å². The molecule has 0 saturated heterocycles. The summed E-state index contributed by atoms with van der Waals surface area (Å²) in [5.41, 5.74) is 0. The number of carbonyl (C=O) groups excluding carboxylic acids is 1. The van der Waals surface area contributed by atoms with Crippen LogP contribution in [0.4, 0.5) is 0 Å². The molecule has 2 rings (SSSR count). The topological polar surface area (TPSA) is 17.1 Å². The highest BCUT2D eigenvalue weighted by Crippen LogP contribution is 2.55. The maximum atomic E-state index is 12.1. The summed E-state index contributed by atoms with van der Waals surface area (Å²) in [5, 5.41) is 0. The Labute approximate surface area is 158 Å². The van der Waals surface area contributed by atoms with E-state index >= 15 is 0 Å². The second kappa shape index (κ2) is 11.0. The zero-order valence-electron chi connectivity index (χ0n) is 15.8. The highest BCUT2D eigenvalue weighted by Gasteiger charge is 2.46. The van der Waals surface area contributed by atoms with E-state index in [2.05, 4.69) is 50.4 Å². The van der Waals surface area contributed by atoms with Crippen LogP contribution >= 0.6 is 23.5 Å². The molecule has 0 aromatic rings. The summed E-state index contributed by atoms with van der Waals surface area (Å²) in [6.45, 7) is 6.75. The van der Waals surface area contributed by atoms with Gasteiger partial charge in [-0.15, -0.1) is 23.5 Å². The summed E-state index contributed by atoms with van der Waals surface area (Å²) in [6, 6.07) is 0. The lowest BCUT2D eigenvalue weighted by atomic mass is 9.77. The SMILES string of the molecule is CCCCCC(=O)/C=C/[C@@H]1[C@H]2CC[C@H](C2)[C@H]1CC(SCC)SCC. The first kappa shape index (κ1) is 20.4. The minimum Gasteiger partial charge on any atom is -0.295 e. The second-order valence-electron chi connectivity index (χ2n) is 7.43. The molecule has 2 saturated carbocycles. The molecule has 3 heteroatoms. The summed E-state index contributed by atoms with van der Waals surface area (Å²) in [6.07, 6.45) is 14.0. The normalized spacial score (nSPS) is 29.2. The van der Waals surface area contributed by atoms with E-state index < -0.39 is 0 Å². The first-order chi connectivity index (χ1) is 11.7. The maximum absolute atomic E-state index is 12.1. The third-order valence-electron chi connectivity index (χ3n) is 5.86. The van der Waals surface area contributed by atoms with Crippen LogP contribution in [0.1, 0.15) is 72.1 Å². The molecule has 2 aliphatic rings. The maximum Gasteiger partial charge on any atom is 0.155 e. The first-order valence-corrected chi connectivity index (χ1v) is 12.2. The number of hydrogen-bond acceptors (Lipinski definition) is 3. The van der Waals surface area contributed by atoms with E-state index in [1.165, 1.54) is 50.0 Å². The fourth-order valence-electron chi connectivity index (χ4n) is 4.73. The Morgan fingerprint density at radius 2 is 1.79 bits per heavy atom. The van der Waals surface area contributed by atoms with Crippen LogP contribution in [0, 0.1) is 23.7 Å². The summed E-state index contributed by atoms with van der Waals surface area (Å²) < 4.78 is 0.750. The summed E-state index contributed by atoms with van der Waals surface area (Å²) in [4.78, 5) is 12.1. The van der Waals surface area contributed by atoms with Gasteiger partial charge in [0.2, 0.25) is 0 Å². The Bertz CT molecular complexity index is 401. The van der Waals surface area contributed by atoms with Crippen LogP contribution < -0.4 is 0 Å². The van der Waals surface area contributed by atoms with Gasteiger partial charge in [-0.3, -0.25) is 4.79 Å². The molecule has 0 N–H and O–H groups in total.